The molecule has 0 fully saturated rings. The van der Waals surface area contributed by atoms with E-state index < -0.39 is 17.6 Å². The van der Waals surface area contributed by atoms with Gasteiger partial charge in [0, 0.05) is 39.3 Å². The molecule has 1 aliphatic rings. The molecule has 4 N–H and O–H groups in total. The van der Waals surface area contributed by atoms with Crippen molar-refractivity contribution < 1.29 is 18.7 Å². The van der Waals surface area contributed by atoms with Crippen molar-refractivity contribution in [3.63, 3.8) is 0 Å². The van der Waals surface area contributed by atoms with E-state index in [1.54, 1.807) is 36.5 Å². The second-order valence-electron chi connectivity index (χ2n) is 7.42. The Morgan fingerprint density at radius 3 is 2.50 bits per heavy atom. The number of nitrogens with two attached hydrogens (primary N) is 1. The Balaban J connectivity index is 1.61. The van der Waals surface area contributed by atoms with E-state index in [0.29, 0.717) is 33.1 Å². The van der Waals surface area contributed by atoms with Crippen LogP contribution in [0.25, 0.3) is 5.70 Å². The highest BCUT2D eigenvalue weighted by Crippen LogP contribution is 2.29. The zero-order valence-electron chi connectivity index (χ0n) is 17.7. The Bertz CT molecular complexity index is 1330. The molecule has 1 heterocycles. The summed E-state index contributed by atoms with van der Waals surface area (Å²) in [7, 11) is 0. The molecule has 9 heteroatoms. The Morgan fingerprint density at radius 1 is 1.12 bits per heavy atom. The van der Waals surface area contributed by atoms with Crippen LogP contribution in [0.5, 0.6) is 0 Å². The first kappa shape index (κ1) is 23.1. The molecule has 172 valence electrons. The molecule has 3 aromatic rings. The van der Waals surface area contributed by atoms with Crippen LogP contribution in [0.15, 0.2) is 76.2 Å². The van der Waals surface area contributed by atoms with Crippen LogP contribution < -0.4 is 11.1 Å². The molecule has 0 radical (unpaired) electrons. The highest BCUT2D eigenvalue weighted by molar-refractivity contribution is 6.31. The van der Waals surface area contributed by atoms with E-state index in [-0.39, 0.29) is 30.1 Å². The van der Waals surface area contributed by atoms with Crippen LogP contribution in [0.2, 0.25) is 5.02 Å². The molecule has 34 heavy (non-hydrogen) atoms. The minimum atomic E-state index is -1.00. The molecule has 0 aromatic heterocycles. The van der Waals surface area contributed by atoms with Crippen molar-refractivity contribution in [3.05, 3.63) is 105 Å². The quantitative estimate of drug-likeness (QED) is 0.433. The average Bonchev–Trinajstić information content (AvgIpc) is 2.94. The summed E-state index contributed by atoms with van der Waals surface area (Å²) in [5, 5.41) is 12.4. The standard InChI is InChI=1S/C25H19ClF2N4O2/c26-16-6-9-18-19(10-16)24(22-20(27)2-1-3-21(22)28)31-12-15(23(18)29)11-30-13-32-17-7-4-14(5-8-17)25(33)34/h1-11,32H,12-13,29H2,(H,33,34). The fourth-order valence-corrected chi connectivity index (χ4v) is 3.70. The third kappa shape index (κ3) is 4.82. The molecule has 0 saturated heterocycles. The number of carboxylic acid groups (broad SMARTS) is 1. The first-order chi connectivity index (χ1) is 16.3. The number of rotatable bonds is 6. The zero-order valence-corrected chi connectivity index (χ0v) is 18.5. The normalized spacial score (nSPS) is 13.4. The van der Waals surface area contributed by atoms with E-state index in [0.717, 1.165) is 0 Å². The summed E-state index contributed by atoms with van der Waals surface area (Å²) in [6, 6.07) is 14.8. The number of fused-ring (bicyclic) bond motifs is 1. The molecular weight excluding hydrogens is 462 g/mol. The van der Waals surface area contributed by atoms with Crippen LogP contribution in [0.4, 0.5) is 14.5 Å². The highest BCUT2D eigenvalue weighted by atomic mass is 35.5. The van der Waals surface area contributed by atoms with Gasteiger partial charge < -0.3 is 16.2 Å². The number of carboxylic acids is 1. The van der Waals surface area contributed by atoms with E-state index in [1.165, 1.54) is 30.3 Å². The molecule has 3 aromatic carbocycles. The molecule has 0 saturated carbocycles. The molecule has 0 unspecified atom stereocenters. The van der Waals surface area contributed by atoms with E-state index in [1.807, 2.05) is 0 Å². The second kappa shape index (κ2) is 9.84. The smallest absolute Gasteiger partial charge is 0.335 e. The van der Waals surface area contributed by atoms with Crippen LogP contribution in [-0.2, 0) is 0 Å². The summed E-state index contributed by atoms with van der Waals surface area (Å²) < 4.78 is 29.1. The number of benzene rings is 3. The van der Waals surface area contributed by atoms with E-state index in [9.17, 15) is 13.6 Å². The Hall–Kier alpha value is -4.04. The average molecular weight is 481 g/mol. The van der Waals surface area contributed by atoms with Gasteiger partial charge in [0.15, 0.2) is 0 Å². The Labute approximate surface area is 199 Å². The van der Waals surface area contributed by atoms with Crippen LogP contribution in [0.3, 0.4) is 0 Å². The van der Waals surface area contributed by atoms with Gasteiger partial charge >= 0.3 is 5.97 Å². The van der Waals surface area contributed by atoms with Gasteiger partial charge in [-0.2, -0.15) is 0 Å². The number of nitrogens with zero attached hydrogens (tertiary/aromatic N) is 2. The monoisotopic (exact) mass is 480 g/mol. The maximum Gasteiger partial charge on any atom is 0.335 e. The largest absolute Gasteiger partial charge is 0.478 e. The molecule has 4 rings (SSSR count). The molecule has 0 spiro atoms. The van der Waals surface area contributed by atoms with E-state index >= 15 is 0 Å². The maximum absolute atomic E-state index is 14.6. The summed E-state index contributed by atoms with van der Waals surface area (Å²) >= 11 is 6.17. The summed E-state index contributed by atoms with van der Waals surface area (Å²) in [6.07, 6.45) is 1.55. The van der Waals surface area contributed by atoms with E-state index in [2.05, 4.69) is 15.3 Å². The third-order valence-electron chi connectivity index (χ3n) is 5.23. The number of carbonyl (C=O) groups is 1. The van der Waals surface area contributed by atoms with Crippen LogP contribution in [-0.4, -0.2) is 36.2 Å². The van der Waals surface area contributed by atoms with Gasteiger partial charge in [-0.3, -0.25) is 9.98 Å². The van der Waals surface area contributed by atoms with Crippen molar-refractivity contribution in [2.24, 2.45) is 15.7 Å². The molecule has 6 nitrogen and oxygen atoms in total. The number of hydrogen-bond donors (Lipinski definition) is 3. The lowest BCUT2D eigenvalue weighted by Gasteiger charge is -2.13. The predicted octanol–water partition coefficient (Wildman–Crippen LogP) is 4.98. The second-order valence-corrected chi connectivity index (χ2v) is 7.86. The summed E-state index contributed by atoms with van der Waals surface area (Å²) in [5.74, 6) is -2.48. The number of nitrogens with one attached hydrogen (secondary N) is 1. The molecule has 0 bridgehead atoms. The number of aliphatic imine (C=N–C) groups is 2. The first-order valence-electron chi connectivity index (χ1n) is 10.2. The van der Waals surface area contributed by atoms with Crippen molar-refractivity contribution in [1.29, 1.82) is 0 Å². The molecular formula is C25H19ClF2N4O2. The van der Waals surface area contributed by atoms with Gasteiger partial charge in [-0.1, -0.05) is 23.7 Å². The van der Waals surface area contributed by atoms with Gasteiger partial charge in [-0.25, -0.2) is 13.6 Å². The topological polar surface area (TPSA) is 100 Å². The Morgan fingerprint density at radius 2 is 1.82 bits per heavy atom. The number of halogens is 3. The van der Waals surface area contributed by atoms with Crippen LogP contribution >= 0.6 is 11.6 Å². The van der Waals surface area contributed by atoms with Gasteiger partial charge in [0.05, 0.1) is 23.4 Å². The maximum atomic E-state index is 14.6. The fourth-order valence-electron chi connectivity index (χ4n) is 3.53. The van der Waals surface area contributed by atoms with Crippen molar-refractivity contribution in [1.82, 2.24) is 0 Å². The summed E-state index contributed by atoms with van der Waals surface area (Å²) in [5.41, 5.74) is 9.07. The summed E-state index contributed by atoms with van der Waals surface area (Å²) in [4.78, 5) is 19.7. The molecule has 1 aliphatic heterocycles. The Kier molecular flexibility index (Phi) is 6.70. The minimum absolute atomic E-state index is 0.0536. The number of anilines is 1. The van der Waals surface area contributed by atoms with Crippen LogP contribution in [0.1, 0.15) is 27.0 Å². The van der Waals surface area contributed by atoms with Gasteiger partial charge in [-0.15, -0.1) is 0 Å². The minimum Gasteiger partial charge on any atom is -0.478 e. The van der Waals surface area contributed by atoms with Crippen LogP contribution in [0, 0.1) is 11.6 Å². The lowest BCUT2D eigenvalue weighted by molar-refractivity contribution is 0.0697. The lowest BCUT2D eigenvalue weighted by atomic mass is 9.95. The summed E-state index contributed by atoms with van der Waals surface area (Å²) in [6.45, 7) is 0.243. The molecule has 0 amide bonds. The molecule has 0 atom stereocenters. The van der Waals surface area contributed by atoms with Crippen molar-refractivity contribution in [3.8, 4) is 0 Å². The SMILES string of the molecule is NC1=C(C=NCNc2ccc(C(=O)O)cc2)CN=C(c2c(F)cccc2F)c2cc(Cl)ccc21. The van der Waals surface area contributed by atoms with Crippen molar-refractivity contribution in [2.75, 3.05) is 18.5 Å². The number of hydrogen-bond acceptors (Lipinski definition) is 5. The predicted molar refractivity (Wildman–Crippen MR) is 130 cm³/mol. The first-order valence-corrected chi connectivity index (χ1v) is 10.6. The van der Waals surface area contributed by atoms with Crippen molar-refractivity contribution >= 4 is 40.9 Å². The third-order valence-corrected chi connectivity index (χ3v) is 5.47. The van der Waals surface area contributed by atoms with Gasteiger partial charge in [0.1, 0.15) is 18.3 Å². The fraction of sp³-hybridized carbons (Fsp3) is 0.0800. The van der Waals surface area contributed by atoms with Gasteiger partial charge in [0.2, 0.25) is 0 Å². The molecule has 0 aliphatic carbocycles. The highest BCUT2D eigenvalue weighted by Gasteiger charge is 2.23. The van der Waals surface area contributed by atoms with Crippen molar-refractivity contribution in [2.45, 2.75) is 0 Å². The lowest BCUT2D eigenvalue weighted by Crippen LogP contribution is -2.12. The van der Waals surface area contributed by atoms with E-state index in [4.69, 9.17) is 22.4 Å². The van der Waals surface area contributed by atoms with Gasteiger partial charge in [-0.05, 0) is 48.5 Å². The van der Waals surface area contributed by atoms with Gasteiger partial charge in [0.25, 0.3) is 0 Å². The number of aromatic carboxylic acids is 1. The zero-order chi connectivity index (χ0) is 24.2.